The minimum Gasteiger partial charge on any atom is -0.356 e. The molecule has 4 nitrogen and oxygen atoms in total. The van der Waals surface area contributed by atoms with Crippen molar-refractivity contribution in [1.82, 2.24) is 9.97 Å². The Morgan fingerprint density at radius 3 is 2.88 bits per heavy atom. The number of anilines is 1. The molecule has 16 heavy (non-hydrogen) atoms. The molecule has 0 unspecified atom stereocenters. The number of rotatable bonds is 5. The summed E-state index contributed by atoms with van der Waals surface area (Å²) < 4.78 is 0. The van der Waals surface area contributed by atoms with Crippen LogP contribution in [0.5, 0.6) is 0 Å². The smallest absolute Gasteiger partial charge is 0.190 e. The molecular formula is C10H13ClN4S. The number of thioether (sulfide) groups is 1. The van der Waals surface area contributed by atoms with Crippen molar-refractivity contribution < 1.29 is 0 Å². The molecule has 0 saturated carbocycles. The lowest BCUT2D eigenvalue weighted by atomic mass is 10.4. The Morgan fingerprint density at radius 2 is 2.31 bits per heavy atom. The monoisotopic (exact) mass is 256 g/mol. The molecule has 0 aliphatic rings. The molecule has 0 bridgehead atoms. The van der Waals surface area contributed by atoms with Crippen molar-refractivity contribution in [1.29, 1.82) is 5.26 Å². The van der Waals surface area contributed by atoms with E-state index in [2.05, 4.69) is 16.0 Å². The maximum Gasteiger partial charge on any atom is 0.190 e. The van der Waals surface area contributed by atoms with Crippen LogP contribution in [0.1, 0.15) is 13.3 Å². The first-order valence-electron chi connectivity index (χ1n) is 4.91. The van der Waals surface area contributed by atoms with Crippen molar-refractivity contribution in [2.45, 2.75) is 18.5 Å². The first kappa shape index (κ1) is 13.1. The fourth-order valence-corrected chi connectivity index (χ4v) is 1.86. The Bertz CT molecular complexity index is 391. The van der Waals surface area contributed by atoms with Gasteiger partial charge >= 0.3 is 0 Å². The predicted molar refractivity (Wildman–Crippen MR) is 66.9 cm³/mol. The summed E-state index contributed by atoms with van der Waals surface area (Å²) in [5, 5.41) is 9.66. The van der Waals surface area contributed by atoms with Crippen molar-refractivity contribution in [3.8, 4) is 6.07 Å². The second-order valence-electron chi connectivity index (χ2n) is 3.02. The van der Waals surface area contributed by atoms with Crippen LogP contribution in [0.3, 0.4) is 0 Å². The summed E-state index contributed by atoms with van der Waals surface area (Å²) in [6.07, 6.45) is 2.38. The fraction of sp³-hybridized carbons (Fsp3) is 0.500. The lowest BCUT2D eigenvalue weighted by Gasteiger charge is -2.20. The minimum absolute atomic E-state index is 0.435. The molecule has 1 aromatic rings. The maximum absolute atomic E-state index is 8.57. The van der Waals surface area contributed by atoms with E-state index >= 15 is 0 Å². The summed E-state index contributed by atoms with van der Waals surface area (Å²) in [7, 11) is 0. The number of aromatic nitrogens is 2. The van der Waals surface area contributed by atoms with Gasteiger partial charge in [0.2, 0.25) is 0 Å². The quantitative estimate of drug-likeness (QED) is 0.460. The zero-order chi connectivity index (χ0) is 12.0. The van der Waals surface area contributed by atoms with Gasteiger partial charge < -0.3 is 4.90 Å². The third kappa shape index (κ3) is 3.54. The van der Waals surface area contributed by atoms with Crippen LogP contribution in [0.4, 0.5) is 5.82 Å². The van der Waals surface area contributed by atoms with Crippen LogP contribution < -0.4 is 4.90 Å². The molecule has 0 amide bonds. The highest BCUT2D eigenvalue weighted by Gasteiger charge is 2.08. The third-order valence-corrected chi connectivity index (χ3v) is 2.78. The Kier molecular flexibility index (Phi) is 5.36. The van der Waals surface area contributed by atoms with Gasteiger partial charge in [0.1, 0.15) is 11.0 Å². The highest BCUT2D eigenvalue weighted by Crippen LogP contribution is 2.20. The lowest BCUT2D eigenvalue weighted by Crippen LogP contribution is -2.24. The van der Waals surface area contributed by atoms with E-state index in [1.807, 2.05) is 18.1 Å². The van der Waals surface area contributed by atoms with Gasteiger partial charge in [-0.2, -0.15) is 5.26 Å². The van der Waals surface area contributed by atoms with E-state index in [-0.39, 0.29) is 0 Å². The summed E-state index contributed by atoms with van der Waals surface area (Å²) >= 11 is 7.36. The van der Waals surface area contributed by atoms with Gasteiger partial charge in [0.25, 0.3) is 0 Å². The van der Waals surface area contributed by atoms with Gasteiger partial charge in [-0.3, -0.25) is 0 Å². The standard InChI is InChI=1S/C10H13ClN4S/c1-3-15(6-4-5-12)9-7-8(11)13-10(14-9)16-2/h7H,3-4,6H2,1-2H3. The van der Waals surface area contributed by atoms with E-state index in [4.69, 9.17) is 16.9 Å². The van der Waals surface area contributed by atoms with Gasteiger partial charge in [-0.05, 0) is 13.2 Å². The second-order valence-corrected chi connectivity index (χ2v) is 4.18. The lowest BCUT2D eigenvalue weighted by molar-refractivity contribution is 0.792. The van der Waals surface area contributed by atoms with Crippen molar-refractivity contribution >= 4 is 29.2 Å². The van der Waals surface area contributed by atoms with Gasteiger partial charge in [0.15, 0.2) is 5.16 Å². The van der Waals surface area contributed by atoms with Crippen LogP contribution in [0.25, 0.3) is 0 Å². The minimum atomic E-state index is 0.435. The summed E-state index contributed by atoms with van der Waals surface area (Å²) in [5.41, 5.74) is 0. The first-order valence-corrected chi connectivity index (χ1v) is 6.52. The van der Waals surface area contributed by atoms with E-state index in [1.165, 1.54) is 11.8 Å². The number of nitrogens with zero attached hydrogens (tertiary/aromatic N) is 4. The van der Waals surface area contributed by atoms with Gasteiger partial charge in [-0.15, -0.1) is 0 Å². The van der Waals surface area contributed by atoms with Crippen LogP contribution in [-0.2, 0) is 0 Å². The topological polar surface area (TPSA) is 52.8 Å². The van der Waals surface area contributed by atoms with Crippen molar-refractivity contribution in [3.05, 3.63) is 11.2 Å². The summed E-state index contributed by atoms with van der Waals surface area (Å²) in [6, 6.07) is 3.85. The van der Waals surface area contributed by atoms with Crippen LogP contribution in [-0.4, -0.2) is 29.3 Å². The first-order chi connectivity index (χ1) is 7.71. The van der Waals surface area contributed by atoms with E-state index in [0.717, 1.165) is 12.4 Å². The molecule has 0 spiro atoms. The zero-order valence-electron chi connectivity index (χ0n) is 9.27. The van der Waals surface area contributed by atoms with Crippen LogP contribution in [0, 0.1) is 11.3 Å². The van der Waals surface area contributed by atoms with Gasteiger partial charge in [0, 0.05) is 19.2 Å². The van der Waals surface area contributed by atoms with Crippen LogP contribution >= 0.6 is 23.4 Å². The maximum atomic E-state index is 8.57. The van der Waals surface area contributed by atoms with Crippen LogP contribution in [0.15, 0.2) is 11.2 Å². The number of nitriles is 1. The number of halogens is 1. The summed E-state index contributed by atoms with van der Waals surface area (Å²) in [5.74, 6) is 0.780. The zero-order valence-corrected chi connectivity index (χ0v) is 10.8. The fourth-order valence-electron chi connectivity index (χ4n) is 1.26. The molecule has 0 aliphatic heterocycles. The SMILES string of the molecule is CCN(CCC#N)c1cc(Cl)nc(SC)n1. The molecule has 1 heterocycles. The molecule has 0 saturated heterocycles. The van der Waals surface area contributed by atoms with E-state index in [0.29, 0.717) is 23.3 Å². The van der Waals surface area contributed by atoms with Crippen molar-refractivity contribution in [2.75, 3.05) is 24.2 Å². The largest absolute Gasteiger partial charge is 0.356 e. The Morgan fingerprint density at radius 1 is 1.56 bits per heavy atom. The van der Waals surface area contributed by atoms with E-state index < -0.39 is 0 Å². The molecule has 0 atom stereocenters. The molecule has 1 aromatic heterocycles. The Labute approximate surface area is 105 Å². The molecule has 86 valence electrons. The molecule has 0 aliphatic carbocycles. The Hall–Kier alpha value is -0.990. The predicted octanol–water partition coefficient (Wildman–Crippen LogP) is 2.59. The van der Waals surface area contributed by atoms with Crippen molar-refractivity contribution in [3.63, 3.8) is 0 Å². The average Bonchev–Trinajstić information content (AvgIpc) is 2.29. The molecule has 6 heteroatoms. The molecular weight excluding hydrogens is 244 g/mol. The molecule has 1 rings (SSSR count). The van der Waals surface area contributed by atoms with E-state index in [1.54, 1.807) is 6.07 Å². The molecule has 0 fully saturated rings. The van der Waals surface area contributed by atoms with Gasteiger partial charge in [-0.1, -0.05) is 23.4 Å². The highest BCUT2D eigenvalue weighted by atomic mass is 35.5. The van der Waals surface area contributed by atoms with Crippen molar-refractivity contribution in [2.24, 2.45) is 0 Å². The van der Waals surface area contributed by atoms with E-state index in [9.17, 15) is 0 Å². The van der Waals surface area contributed by atoms with Crippen LogP contribution in [0.2, 0.25) is 5.15 Å². The third-order valence-electron chi connectivity index (χ3n) is 2.04. The summed E-state index contributed by atoms with van der Waals surface area (Å²) in [6.45, 7) is 3.48. The number of hydrogen-bond acceptors (Lipinski definition) is 5. The van der Waals surface area contributed by atoms with Gasteiger partial charge in [-0.25, -0.2) is 9.97 Å². The second kappa shape index (κ2) is 6.56. The normalized spacial score (nSPS) is 9.88. The molecule has 0 radical (unpaired) electrons. The molecule has 0 N–H and O–H groups in total. The Balaban J connectivity index is 2.91. The molecule has 0 aromatic carbocycles. The van der Waals surface area contributed by atoms with Gasteiger partial charge in [0.05, 0.1) is 12.5 Å². The average molecular weight is 257 g/mol. The number of hydrogen-bond donors (Lipinski definition) is 0. The summed E-state index contributed by atoms with van der Waals surface area (Å²) in [4.78, 5) is 10.4. The highest BCUT2D eigenvalue weighted by molar-refractivity contribution is 7.98.